The van der Waals surface area contributed by atoms with E-state index in [0.717, 1.165) is 10.5 Å². The van der Waals surface area contributed by atoms with Crippen molar-refractivity contribution >= 4 is 15.9 Å². The molecule has 1 unspecified atom stereocenters. The molecular formula is C15H23BrN2. The highest BCUT2D eigenvalue weighted by Gasteiger charge is 2.22. The molecule has 0 saturated heterocycles. The highest BCUT2D eigenvalue weighted by molar-refractivity contribution is 9.10. The standard InChI is InChI=1S/C15H23BrN2/c1-17-15(12-5-3-6-13(16)11-12)9-10-18(2)14-7-4-8-14/h3,5-6,11,14-15,17H,4,7-10H2,1-2H3. The van der Waals surface area contributed by atoms with Crippen LogP contribution in [0.5, 0.6) is 0 Å². The molecule has 1 saturated carbocycles. The molecule has 0 aromatic heterocycles. The van der Waals surface area contributed by atoms with Gasteiger partial charge in [-0.15, -0.1) is 0 Å². The molecule has 0 radical (unpaired) electrons. The molecule has 2 rings (SSSR count). The molecule has 3 heteroatoms. The predicted octanol–water partition coefficient (Wildman–Crippen LogP) is 3.58. The quantitative estimate of drug-likeness (QED) is 0.864. The van der Waals surface area contributed by atoms with Crippen molar-refractivity contribution < 1.29 is 0 Å². The van der Waals surface area contributed by atoms with Crippen molar-refractivity contribution in [1.82, 2.24) is 10.2 Å². The molecule has 0 amide bonds. The van der Waals surface area contributed by atoms with Crippen molar-refractivity contribution in [3.63, 3.8) is 0 Å². The van der Waals surface area contributed by atoms with Crippen molar-refractivity contribution in [2.45, 2.75) is 37.8 Å². The van der Waals surface area contributed by atoms with Gasteiger partial charge in [-0.2, -0.15) is 0 Å². The van der Waals surface area contributed by atoms with Crippen LogP contribution in [0.15, 0.2) is 28.7 Å². The minimum absolute atomic E-state index is 0.449. The van der Waals surface area contributed by atoms with Gasteiger partial charge in [0.15, 0.2) is 0 Å². The largest absolute Gasteiger partial charge is 0.313 e. The summed E-state index contributed by atoms with van der Waals surface area (Å²) in [5, 5.41) is 3.43. The fraction of sp³-hybridized carbons (Fsp3) is 0.600. The van der Waals surface area contributed by atoms with Crippen LogP contribution in [0, 0.1) is 0 Å². The van der Waals surface area contributed by atoms with Gasteiger partial charge in [0.25, 0.3) is 0 Å². The second kappa shape index (κ2) is 6.69. The van der Waals surface area contributed by atoms with Gasteiger partial charge in [-0.3, -0.25) is 0 Å². The molecule has 1 aliphatic rings. The average molecular weight is 311 g/mol. The molecule has 1 fully saturated rings. The molecule has 2 nitrogen and oxygen atoms in total. The van der Waals surface area contributed by atoms with Crippen molar-refractivity contribution in [2.24, 2.45) is 0 Å². The van der Waals surface area contributed by atoms with E-state index in [0.29, 0.717) is 6.04 Å². The van der Waals surface area contributed by atoms with E-state index < -0.39 is 0 Å². The zero-order valence-electron chi connectivity index (χ0n) is 11.3. The molecule has 1 N–H and O–H groups in total. The SMILES string of the molecule is CNC(CCN(C)C1CCC1)c1cccc(Br)c1. The van der Waals surface area contributed by atoms with E-state index in [-0.39, 0.29) is 0 Å². The van der Waals surface area contributed by atoms with E-state index in [4.69, 9.17) is 0 Å². The molecule has 0 bridgehead atoms. The van der Waals surface area contributed by atoms with Crippen LogP contribution in [0.25, 0.3) is 0 Å². The maximum absolute atomic E-state index is 3.55. The Kier molecular flexibility index (Phi) is 5.22. The first-order chi connectivity index (χ1) is 8.70. The number of nitrogens with one attached hydrogen (secondary N) is 1. The Balaban J connectivity index is 1.88. The lowest BCUT2D eigenvalue weighted by atomic mass is 9.91. The summed E-state index contributed by atoms with van der Waals surface area (Å²) in [6, 6.07) is 9.89. The number of benzene rings is 1. The van der Waals surface area contributed by atoms with Gasteiger partial charge in [0.05, 0.1) is 0 Å². The van der Waals surface area contributed by atoms with E-state index >= 15 is 0 Å². The van der Waals surface area contributed by atoms with E-state index in [1.807, 2.05) is 0 Å². The number of hydrogen-bond acceptors (Lipinski definition) is 2. The van der Waals surface area contributed by atoms with Gasteiger partial charge in [0, 0.05) is 16.6 Å². The van der Waals surface area contributed by atoms with Gasteiger partial charge >= 0.3 is 0 Å². The van der Waals surface area contributed by atoms with Crippen LogP contribution in [0.1, 0.15) is 37.3 Å². The third-order valence-corrected chi connectivity index (χ3v) is 4.56. The maximum Gasteiger partial charge on any atom is 0.0330 e. The Morgan fingerprint density at radius 3 is 2.78 bits per heavy atom. The Bertz CT molecular complexity index is 377. The number of nitrogens with zero attached hydrogens (tertiary/aromatic N) is 1. The zero-order valence-corrected chi connectivity index (χ0v) is 12.9. The maximum atomic E-state index is 3.55. The smallest absolute Gasteiger partial charge is 0.0330 e. The Morgan fingerprint density at radius 1 is 1.44 bits per heavy atom. The number of rotatable bonds is 6. The van der Waals surface area contributed by atoms with Gasteiger partial charge < -0.3 is 10.2 Å². The molecule has 0 spiro atoms. The second-order valence-corrected chi connectivity index (χ2v) is 6.17. The summed E-state index contributed by atoms with van der Waals surface area (Å²) in [5.41, 5.74) is 1.37. The first-order valence-corrected chi connectivity index (χ1v) is 7.63. The van der Waals surface area contributed by atoms with Crippen LogP contribution in [-0.4, -0.2) is 31.6 Å². The molecule has 1 aliphatic carbocycles. The first kappa shape index (κ1) is 14.0. The normalized spacial score (nSPS) is 17.8. The molecule has 18 heavy (non-hydrogen) atoms. The lowest BCUT2D eigenvalue weighted by Gasteiger charge is -2.35. The lowest BCUT2D eigenvalue weighted by molar-refractivity contribution is 0.153. The summed E-state index contributed by atoms with van der Waals surface area (Å²) in [6.45, 7) is 1.17. The summed E-state index contributed by atoms with van der Waals surface area (Å²) in [6.07, 6.45) is 5.35. The van der Waals surface area contributed by atoms with Crippen LogP contribution in [0.4, 0.5) is 0 Å². The van der Waals surface area contributed by atoms with Gasteiger partial charge in [0.1, 0.15) is 0 Å². The minimum atomic E-state index is 0.449. The average Bonchev–Trinajstić information content (AvgIpc) is 2.27. The molecule has 0 aliphatic heterocycles. The third kappa shape index (κ3) is 3.56. The molecule has 1 aromatic carbocycles. The zero-order chi connectivity index (χ0) is 13.0. The Hall–Kier alpha value is -0.380. The van der Waals surface area contributed by atoms with Crippen molar-refractivity contribution in [3.05, 3.63) is 34.3 Å². The van der Waals surface area contributed by atoms with Crippen LogP contribution in [0.3, 0.4) is 0 Å². The summed E-state index contributed by atoms with van der Waals surface area (Å²) >= 11 is 3.55. The lowest BCUT2D eigenvalue weighted by Crippen LogP contribution is -2.38. The first-order valence-electron chi connectivity index (χ1n) is 6.83. The number of halogens is 1. The van der Waals surface area contributed by atoms with Gasteiger partial charge in [-0.1, -0.05) is 34.5 Å². The van der Waals surface area contributed by atoms with E-state index in [9.17, 15) is 0 Å². The molecule has 1 atom stereocenters. The highest BCUT2D eigenvalue weighted by atomic mass is 79.9. The number of hydrogen-bond donors (Lipinski definition) is 1. The fourth-order valence-electron chi connectivity index (χ4n) is 2.54. The fourth-order valence-corrected chi connectivity index (χ4v) is 2.96. The Labute approximate surface area is 119 Å². The third-order valence-electron chi connectivity index (χ3n) is 4.07. The van der Waals surface area contributed by atoms with E-state index in [2.05, 4.69) is 64.5 Å². The molecular weight excluding hydrogens is 288 g/mol. The van der Waals surface area contributed by atoms with E-state index in [1.54, 1.807) is 0 Å². The second-order valence-electron chi connectivity index (χ2n) is 5.25. The molecule has 100 valence electrons. The van der Waals surface area contributed by atoms with E-state index in [1.165, 1.54) is 37.8 Å². The van der Waals surface area contributed by atoms with Crippen LogP contribution in [0.2, 0.25) is 0 Å². The monoisotopic (exact) mass is 310 g/mol. The Morgan fingerprint density at radius 2 is 2.22 bits per heavy atom. The van der Waals surface area contributed by atoms with Gasteiger partial charge in [0.2, 0.25) is 0 Å². The van der Waals surface area contributed by atoms with Crippen molar-refractivity contribution in [3.8, 4) is 0 Å². The topological polar surface area (TPSA) is 15.3 Å². The van der Waals surface area contributed by atoms with Crippen LogP contribution < -0.4 is 5.32 Å². The minimum Gasteiger partial charge on any atom is -0.313 e. The van der Waals surface area contributed by atoms with Crippen molar-refractivity contribution in [1.29, 1.82) is 0 Å². The summed E-state index contributed by atoms with van der Waals surface area (Å²) in [5.74, 6) is 0. The molecule has 1 aromatic rings. The summed E-state index contributed by atoms with van der Waals surface area (Å²) in [7, 11) is 4.31. The molecule has 0 heterocycles. The summed E-state index contributed by atoms with van der Waals surface area (Å²) < 4.78 is 1.16. The predicted molar refractivity (Wildman–Crippen MR) is 80.8 cm³/mol. The van der Waals surface area contributed by atoms with Gasteiger partial charge in [-0.25, -0.2) is 0 Å². The van der Waals surface area contributed by atoms with Gasteiger partial charge in [-0.05, 0) is 57.6 Å². The van der Waals surface area contributed by atoms with Crippen molar-refractivity contribution in [2.75, 3.05) is 20.6 Å². The van der Waals surface area contributed by atoms with Crippen LogP contribution >= 0.6 is 15.9 Å². The van der Waals surface area contributed by atoms with Crippen LogP contribution in [-0.2, 0) is 0 Å². The highest BCUT2D eigenvalue weighted by Crippen LogP contribution is 2.25. The summed E-state index contributed by atoms with van der Waals surface area (Å²) in [4.78, 5) is 2.52.